The van der Waals surface area contributed by atoms with Gasteiger partial charge in [-0.3, -0.25) is 9.79 Å². The number of unbranched alkanes of at least 4 members (excludes halogenated alkanes) is 3. The topological polar surface area (TPSA) is 66.0 Å². The van der Waals surface area contributed by atoms with Crippen molar-refractivity contribution < 1.29 is 9.53 Å². The molecule has 1 heterocycles. The molecule has 1 fully saturated rings. The van der Waals surface area contributed by atoms with Crippen LogP contribution in [0.2, 0.25) is 0 Å². The van der Waals surface area contributed by atoms with Crippen molar-refractivity contribution in [3.8, 4) is 0 Å². The largest absolute Gasteiger partial charge is 0.460 e. The molecule has 160 valence electrons. The van der Waals surface area contributed by atoms with E-state index >= 15 is 0 Å². The van der Waals surface area contributed by atoms with Crippen LogP contribution in [0.25, 0.3) is 0 Å². The lowest BCUT2D eigenvalue weighted by Gasteiger charge is -2.26. The van der Waals surface area contributed by atoms with Gasteiger partial charge in [0.05, 0.1) is 0 Å². The van der Waals surface area contributed by atoms with Gasteiger partial charge in [0.2, 0.25) is 0 Å². The monoisotopic (exact) mass is 496 g/mol. The van der Waals surface area contributed by atoms with Crippen LogP contribution in [0, 0.1) is 0 Å². The van der Waals surface area contributed by atoms with Crippen LogP contribution in [0.3, 0.4) is 0 Å². The molecule has 1 aliphatic rings. The van der Waals surface area contributed by atoms with Crippen molar-refractivity contribution in [3.63, 3.8) is 0 Å². The maximum atomic E-state index is 11.6. The molecule has 7 heteroatoms. The van der Waals surface area contributed by atoms with Crippen molar-refractivity contribution in [1.29, 1.82) is 0 Å². The van der Waals surface area contributed by atoms with Crippen molar-refractivity contribution in [2.45, 2.75) is 77.7 Å². The molecule has 0 aliphatic carbocycles. The third-order valence-electron chi connectivity index (χ3n) is 4.41. The molecule has 1 aliphatic heterocycles. The van der Waals surface area contributed by atoms with Crippen LogP contribution in [0.4, 0.5) is 0 Å². The number of carbonyl (C=O) groups is 1. The van der Waals surface area contributed by atoms with Gasteiger partial charge in [0.1, 0.15) is 5.60 Å². The summed E-state index contributed by atoms with van der Waals surface area (Å²) in [5, 5.41) is 6.76. The second-order valence-corrected chi connectivity index (χ2v) is 8.08. The minimum atomic E-state index is -0.377. The van der Waals surface area contributed by atoms with E-state index in [4.69, 9.17) is 4.74 Å². The van der Waals surface area contributed by atoms with Crippen LogP contribution in [0.15, 0.2) is 4.99 Å². The first kappa shape index (κ1) is 26.4. The minimum Gasteiger partial charge on any atom is -0.460 e. The Bertz CT molecular complexity index is 419. The number of ether oxygens (including phenoxy) is 1. The molecule has 0 amide bonds. The highest BCUT2D eigenvalue weighted by Crippen LogP contribution is 2.11. The van der Waals surface area contributed by atoms with E-state index in [9.17, 15) is 4.79 Å². The third kappa shape index (κ3) is 15.1. The zero-order valence-corrected chi connectivity index (χ0v) is 20.1. The van der Waals surface area contributed by atoms with E-state index in [0.29, 0.717) is 6.42 Å². The van der Waals surface area contributed by atoms with Gasteiger partial charge in [-0.05, 0) is 59.5 Å². The van der Waals surface area contributed by atoms with Gasteiger partial charge in [-0.2, -0.15) is 0 Å². The average molecular weight is 496 g/mol. The molecular formula is C20H41IN4O2. The average Bonchev–Trinajstić information content (AvgIpc) is 2.58. The number of hydrogen-bond acceptors (Lipinski definition) is 4. The van der Waals surface area contributed by atoms with E-state index in [1.54, 1.807) is 0 Å². The Labute approximate surface area is 183 Å². The number of rotatable bonds is 10. The van der Waals surface area contributed by atoms with E-state index in [2.05, 4.69) is 20.5 Å². The Balaban J connectivity index is 0.00000676. The smallest absolute Gasteiger partial charge is 0.306 e. The van der Waals surface area contributed by atoms with Crippen molar-refractivity contribution in [2.75, 3.05) is 39.8 Å². The summed E-state index contributed by atoms with van der Waals surface area (Å²) in [5.41, 5.74) is -0.377. The highest BCUT2D eigenvalue weighted by Gasteiger charge is 2.15. The van der Waals surface area contributed by atoms with E-state index < -0.39 is 0 Å². The quantitative estimate of drug-likeness (QED) is 0.159. The van der Waals surface area contributed by atoms with E-state index in [0.717, 1.165) is 51.3 Å². The lowest BCUT2D eigenvalue weighted by Crippen LogP contribution is -2.42. The molecule has 0 atom stereocenters. The van der Waals surface area contributed by atoms with Gasteiger partial charge >= 0.3 is 5.97 Å². The maximum absolute atomic E-state index is 11.6. The summed E-state index contributed by atoms with van der Waals surface area (Å²) in [4.78, 5) is 18.4. The van der Waals surface area contributed by atoms with Gasteiger partial charge in [-0.15, -0.1) is 24.0 Å². The van der Waals surface area contributed by atoms with Crippen LogP contribution in [0.5, 0.6) is 0 Å². The fourth-order valence-corrected chi connectivity index (χ4v) is 3.08. The van der Waals surface area contributed by atoms with Crippen molar-refractivity contribution in [3.05, 3.63) is 0 Å². The molecular weight excluding hydrogens is 455 g/mol. The van der Waals surface area contributed by atoms with Crippen LogP contribution in [0.1, 0.15) is 72.1 Å². The Hall–Kier alpha value is -0.570. The molecule has 1 rings (SSSR count). The summed E-state index contributed by atoms with van der Waals surface area (Å²) in [5.74, 6) is 0.796. The minimum absolute atomic E-state index is 0. The molecule has 0 aromatic carbocycles. The van der Waals surface area contributed by atoms with Gasteiger partial charge in [0.15, 0.2) is 5.96 Å². The Morgan fingerprint density at radius 1 is 1.00 bits per heavy atom. The Morgan fingerprint density at radius 3 is 2.26 bits per heavy atom. The van der Waals surface area contributed by atoms with Crippen molar-refractivity contribution in [1.82, 2.24) is 15.5 Å². The number of esters is 1. The predicted octanol–water partition coefficient (Wildman–Crippen LogP) is 3.55. The standard InChI is InChI=1S/C20H40N4O2.HI/c1-20(2,3)26-18(25)12-8-5-6-9-13-22-19(21-4)23-14-17-24-15-10-7-11-16-24;/h5-17H2,1-4H3,(H2,21,22,23);1H. The first-order chi connectivity index (χ1) is 12.4. The van der Waals surface area contributed by atoms with Crippen LogP contribution in [-0.4, -0.2) is 62.2 Å². The number of piperidine rings is 1. The zero-order valence-electron chi connectivity index (χ0n) is 17.8. The summed E-state index contributed by atoms with van der Waals surface area (Å²) in [7, 11) is 1.82. The number of likely N-dealkylation sites (tertiary alicyclic amines) is 1. The van der Waals surface area contributed by atoms with Gasteiger partial charge < -0.3 is 20.3 Å². The summed E-state index contributed by atoms with van der Waals surface area (Å²) in [6, 6.07) is 0. The van der Waals surface area contributed by atoms with Crippen LogP contribution < -0.4 is 10.6 Å². The number of halogens is 1. The second kappa shape index (κ2) is 15.4. The molecule has 2 N–H and O–H groups in total. The molecule has 0 unspecified atom stereocenters. The number of hydrogen-bond donors (Lipinski definition) is 2. The SMILES string of the molecule is CN=C(NCCCCCCC(=O)OC(C)(C)C)NCCN1CCCCC1.I. The molecule has 6 nitrogen and oxygen atoms in total. The number of guanidine groups is 1. The molecule has 1 saturated heterocycles. The van der Waals surface area contributed by atoms with Crippen LogP contribution in [-0.2, 0) is 9.53 Å². The number of nitrogens with zero attached hydrogens (tertiary/aromatic N) is 2. The van der Waals surface area contributed by atoms with E-state index in [1.165, 1.54) is 32.4 Å². The van der Waals surface area contributed by atoms with Crippen LogP contribution >= 0.6 is 24.0 Å². The Kier molecular flexibility index (Phi) is 15.0. The molecule has 0 aromatic heterocycles. The number of nitrogens with one attached hydrogen (secondary N) is 2. The molecule has 0 bridgehead atoms. The van der Waals surface area contributed by atoms with Gasteiger partial charge in [-0.1, -0.05) is 19.3 Å². The van der Waals surface area contributed by atoms with E-state index in [1.807, 2.05) is 27.8 Å². The van der Waals surface area contributed by atoms with Gasteiger partial charge in [0.25, 0.3) is 0 Å². The lowest BCUT2D eigenvalue weighted by atomic mass is 10.1. The highest BCUT2D eigenvalue weighted by atomic mass is 127. The first-order valence-electron chi connectivity index (χ1n) is 10.3. The zero-order chi connectivity index (χ0) is 19.3. The summed E-state index contributed by atoms with van der Waals surface area (Å²) in [6.07, 6.45) is 8.72. The number of carbonyl (C=O) groups excluding carboxylic acids is 1. The van der Waals surface area contributed by atoms with Crippen molar-refractivity contribution in [2.24, 2.45) is 4.99 Å². The highest BCUT2D eigenvalue weighted by molar-refractivity contribution is 14.0. The first-order valence-corrected chi connectivity index (χ1v) is 10.3. The molecule has 0 aromatic rings. The van der Waals surface area contributed by atoms with Crippen molar-refractivity contribution >= 4 is 35.9 Å². The molecule has 0 radical (unpaired) electrons. The normalized spacial score (nSPS) is 15.8. The summed E-state index contributed by atoms with van der Waals surface area (Å²) in [6.45, 7) is 11.1. The molecule has 0 spiro atoms. The number of aliphatic imine (C=N–C) groups is 1. The second-order valence-electron chi connectivity index (χ2n) is 8.08. The lowest BCUT2D eigenvalue weighted by molar-refractivity contribution is -0.154. The fourth-order valence-electron chi connectivity index (χ4n) is 3.08. The molecule has 0 saturated carbocycles. The summed E-state index contributed by atoms with van der Waals surface area (Å²) < 4.78 is 5.31. The fraction of sp³-hybridized carbons (Fsp3) is 0.900. The van der Waals surface area contributed by atoms with Gasteiger partial charge in [-0.25, -0.2) is 0 Å². The van der Waals surface area contributed by atoms with Gasteiger partial charge in [0, 0.05) is 33.1 Å². The predicted molar refractivity (Wildman–Crippen MR) is 124 cm³/mol. The molecule has 27 heavy (non-hydrogen) atoms. The summed E-state index contributed by atoms with van der Waals surface area (Å²) >= 11 is 0. The maximum Gasteiger partial charge on any atom is 0.306 e. The third-order valence-corrected chi connectivity index (χ3v) is 4.41. The Morgan fingerprint density at radius 2 is 1.63 bits per heavy atom. The van der Waals surface area contributed by atoms with E-state index in [-0.39, 0.29) is 35.5 Å².